The van der Waals surface area contributed by atoms with E-state index in [2.05, 4.69) is 17.4 Å². The Morgan fingerprint density at radius 2 is 1.72 bits per heavy atom. The van der Waals surface area contributed by atoms with Crippen LogP contribution < -0.4 is 5.32 Å². The van der Waals surface area contributed by atoms with Gasteiger partial charge in [-0.25, -0.2) is 0 Å². The summed E-state index contributed by atoms with van der Waals surface area (Å²) in [7, 11) is 1.65. The lowest BCUT2D eigenvalue weighted by molar-refractivity contribution is 0.0960. The van der Waals surface area contributed by atoms with E-state index >= 15 is 0 Å². The van der Waals surface area contributed by atoms with Gasteiger partial charge >= 0.3 is 0 Å². The smallest absolute Gasteiger partial charge is 0.252 e. The van der Waals surface area contributed by atoms with E-state index in [0.717, 1.165) is 16.2 Å². The number of nitrogens with one attached hydrogen (secondary N) is 1. The molecule has 0 saturated heterocycles. The Labute approximate surface area is 111 Å². The van der Waals surface area contributed by atoms with Crippen LogP contribution in [-0.4, -0.2) is 13.0 Å². The molecule has 2 rings (SSSR count). The van der Waals surface area contributed by atoms with Crippen LogP contribution in [-0.2, 0) is 5.75 Å². The lowest BCUT2D eigenvalue weighted by Gasteiger charge is -2.07. The molecule has 2 aromatic carbocycles. The summed E-state index contributed by atoms with van der Waals surface area (Å²) < 4.78 is 0. The third kappa shape index (κ3) is 3.14. The Hall–Kier alpha value is -1.74. The van der Waals surface area contributed by atoms with Crippen molar-refractivity contribution in [1.82, 2.24) is 5.32 Å². The Balaban J connectivity index is 2.12. The number of carbonyl (C=O) groups excluding carboxylic acids is 1. The molecule has 92 valence electrons. The van der Waals surface area contributed by atoms with Crippen LogP contribution in [0.3, 0.4) is 0 Å². The molecule has 0 spiro atoms. The Morgan fingerprint density at radius 3 is 2.44 bits per heavy atom. The summed E-state index contributed by atoms with van der Waals surface area (Å²) in [6.45, 7) is 0. The van der Waals surface area contributed by atoms with Crippen LogP contribution in [0.5, 0.6) is 0 Å². The quantitative estimate of drug-likeness (QED) is 0.851. The van der Waals surface area contributed by atoms with E-state index in [0.29, 0.717) is 0 Å². The molecule has 1 N–H and O–H groups in total. The molecule has 0 fully saturated rings. The summed E-state index contributed by atoms with van der Waals surface area (Å²) in [5, 5.41) is 2.67. The minimum Gasteiger partial charge on any atom is -0.355 e. The molecular weight excluding hydrogens is 242 g/mol. The fourth-order valence-electron chi connectivity index (χ4n) is 1.65. The minimum absolute atomic E-state index is 0.0360. The average Bonchev–Trinajstić information content (AvgIpc) is 2.45. The fraction of sp³-hybridized carbons (Fsp3) is 0.133. The zero-order valence-electron chi connectivity index (χ0n) is 10.2. The van der Waals surface area contributed by atoms with Gasteiger partial charge in [0.2, 0.25) is 0 Å². The van der Waals surface area contributed by atoms with Gasteiger partial charge in [-0.1, -0.05) is 42.5 Å². The van der Waals surface area contributed by atoms with E-state index in [9.17, 15) is 4.79 Å². The van der Waals surface area contributed by atoms with Crippen LogP contribution in [0, 0.1) is 0 Å². The van der Waals surface area contributed by atoms with Crippen LogP contribution in [0.2, 0.25) is 0 Å². The van der Waals surface area contributed by atoms with E-state index in [4.69, 9.17) is 0 Å². The number of hydrogen-bond acceptors (Lipinski definition) is 2. The summed E-state index contributed by atoms with van der Waals surface area (Å²) in [6, 6.07) is 17.9. The van der Waals surface area contributed by atoms with Gasteiger partial charge in [0.05, 0.1) is 5.56 Å². The number of amides is 1. The standard InChI is InChI=1S/C15H15NOS/c1-16-15(17)13-9-5-6-10-14(13)18-11-12-7-3-2-4-8-12/h2-10H,11H2,1H3,(H,16,17). The molecule has 0 atom stereocenters. The molecular formula is C15H15NOS. The molecule has 0 aliphatic heterocycles. The van der Waals surface area contributed by atoms with E-state index in [1.165, 1.54) is 5.56 Å². The average molecular weight is 257 g/mol. The molecule has 0 unspecified atom stereocenters. The van der Waals surface area contributed by atoms with Gasteiger partial charge in [-0.2, -0.15) is 0 Å². The molecule has 0 radical (unpaired) electrons. The van der Waals surface area contributed by atoms with E-state index in [-0.39, 0.29) is 5.91 Å². The summed E-state index contributed by atoms with van der Waals surface area (Å²) in [5.74, 6) is 0.834. The second kappa shape index (κ2) is 6.26. The molecule has 0 aromatic heterocycles. The van der Waals surface area contributed by atoms with Gasteiger partial charge in [-0.3, -0.25) is 4.79 Å². The number of benzene rings is 2. The third-order valence-electron chi connectivity index (χ3n) is 2.60. The summed E-state index contributed by atoms with van der Waals surface area (Å²) in [6.07, 6.45) is 0. The van der Waals surface area contributed by atoms with Gasteiger partial charge in [0.25, 0.3) is 5.91 Å². The van der Waals surface area contributed by atoms with Crippen molar-refractivity contribution in [3.8, 4) is 0 Å². The van der Waals surface area contributed by atoms with Gasteiger partial charge < -0.3 is 5.32 Å². The molecule has 18 heavy (non-hydrogen) atoms. The molecule has 2 nitrogen and oxygen atoms in total. The molecule has 0 saturated carbocycles. The normalized spacial score (nSPS) is 10.1. The highest BCUT2D eigenvalue weighted by atomic mass is 32.2. The summed E-state index contributed by atoms with van der Waals surface area (Å²) in [5.41, 5.74) is 2.00. The Bertz CT molecular complexity index is 525. The number of thioether (sulfide) groups is 1. The maximum atomic E-state index is 11.7. The van der Waals surface area contributed by atoms with Crippen molar-refractivity contribution < 1.29 is 4.79 Å². The van der Waals surface area contributed by atoms with Crippen molar-refractivity contribution >= 4 is 17.7 Å². The molecule has 3 heteroatoms. The van der Waals surface area contributed by atoms with Crippen LogP contribution in [0.15, 0.2) is 59.5 Å². The number of hydrogen-bond donors (Lipinski definition) is 1. The van der Waals surface area contributed by atoms with E-state index in [1.54, 1.807) is 18.8 Å². The highest BCUT2D eigenvalue weighted by Gasteiger charge is 2.09. The molecule has 0 bridgehead atoms. The largest absolute Gasteiger partial charge is 0.355 e. The maximum Gasteiger partial charge on any atom is 0.252 e. The van der Waals surface area contributed by atoms with Crippen LogP contribution in [0.1, 0.15) is 15.9 Å². The molecule has 2 aromatic rings. The van der Waals surface area contributed by atoms with Crippen LogP contribution in [0.4, 0.5) is 0 Å². The van der Waals surface area contributed by atoms with Crippen molar-refractivity contribution in [1.29, 1.82) is 0 Å². The number of rotatable bonds is 4. The summed E-state index contributed by atoms with van der Waals surface area (Å²) >= 11 is 1.68. The van der Waals surface area contributed by atoms with Gasteiger partial charge in [0.1, 0.15) is 0 Å². The summed E-state index contributed by atoms with van der Waals surface area (Å²) in [4.78, 5) is 12.7. The number of carbonyl (C=O) groups is 1. The molecule has 1 amide bonds. The van der Waals surface area contributed by atoms with Gasteiger partial charge in [0.15, 0.2) is 0 Å². The topological polar surface area (TPSA) is 29.1 Å². The fourth-order valence-corrected chi connectivity index (χ4v) is 2.66. The third-order valence-corrected chi connectivity index (χ3v) is 3.74. The van der Waals surface area contributed by atoms with Gasteiger partial charge in [-0.05, 0) is 17.7 Å². The zero-order valence-corrected chi connectivity index (χ0v) is 11.0. The Kier molecular flexibility index (Phi) is 4.42. The highest BCUT2D eigenvalue weighted by Crippen LogP contribution is 2.26. The van der Waals surface area contributed by atoms with Crippen molar-refractivity contribution in [2.45, 2.75) is 10.6 Å². The first-order chi connectivity index (χ1) is 8.81. The second-order valence-corrected chi connectivity index (χ2v) is 4.87. The SMILES string of the molecule is CNC(=O)c1ccccc1SCc1ccccc1. The van der Waals surface area contributed by atoms with Crippen molar-refractivity contribution in [3.05, 3.63) is 65.7 Å². The van der Waals surface area contributed by atoms with Gasteiger partial charge in [0, 0.05) is 17.7 Å². The van der Waals surface area contributed by atoms with Crippen LogP contribution in [0.25, 0.3) is 0 Å². The highest BCUT2D eigenvalue weighted by molar-refractivity contribution is 7.98. The second-order valence-electron chi connectivity index (χ2n) is 3.85. The first-order valence-electron chi connectivity index (χ1n) is 5.79. The van der Waals surface area contributed by atoms with E-state index < -0.39 is 0 Å². The van der Waals surface area contributed by atoms with Crippen molar-refractivity contribution in [2.24, 2.45) is 0 Å². The predicted octanol–water partition coefficient (Wildman–Crippen LogP) is 3.34. The lowest BCUT2D eigenvalue weighted by Crippen LogP contribution is -2.18. The first kappa shape index (κ1) is 12.7. The predicted molar refractivity (Wildman–Crippen MR) is 75.8 cm³/mol. The minimum atomic E-state index is -0.0360. The molecule has 0 heterocycles. The molecule has 0 aliphatic rings. The first-order valence-corrected chi connectivity index (χ1v) is 6.77. The lowest BCUT2D eigenvalue weighted by atomic mass is 10.2. The van der Waals surface area contributed by atoms with Crippen LogP contribution >= 0.6 is 11.8 Å². The monoisotopic (exact) mass is 257 g/mol. The molecule has 0 aliphatic carbocycles. The van der Waals surface area contributed by atoms with Crippen molar-refractivity contribution in [3.63, 3.8) is 0 Å². The van der Waals surface area contributed by atoms with Gasteiger partial charge in [-0.15, -0.1) is 11.8 Å². The maximum absolute atomic E-state index is 11.7. The van der Waals surface area contributed by atoms with Crippen molar-refractivity contribution in [2.75, 3.05) is 7.05 Å². The zero-order chi connectivity index (χ0) is 12.8. The Morgan fingerprint density at radius 1 is 1.06 bits per heavy atom. The van der Waals surface area contributed by atoms with E-state index in [1.807, 2.05) is 42.5 Å².